The average molecular weight is 456 g/mol. The number of rotatable bonds is 5. The van der Waals surface area contributed by atoms with Gasteiger partial charge in [-0.2, -0.15) is 0 Å². The summed E-state index contributed by atoms with van der Waals surface area (Å²) < 4.78 is 5.52. The van der Waals surface area contributed by atoms with Gasteiger partial charge in [0.1, 0.15) is 5.75 Å². The zero-order valence-electron chi connectivity index (χ0n) is 17.6. The maximum absolute atomic E-state index is 12.2. The van der Waals surface area contributed by atoms with Crippen molar-refractivity contribution in [1.82, 2.24) is 16.2 Å². The maximum atomic E-state index is 12.2. The van der Waals surface area contributed by atoms with Crippen LogP contribution in [0.4, 0.5) is 0 Å². The predicted octanol–water partition coefficient (Wildman–Crippen LogP) is 4.11. The molecule has 2 amide bonds. The first-order chi connectivity index (χ1) is 16.1. The summed E-state index contributed by atoms with van der Waals surface area (Å²) in [6, 6.07) is 27.3. The van der Waals surface area contributed by atoms with Crippen LogP contribution >= 0.6 is 12.2 Å². The molecule has 6 nitrogen and oxygen atoms in total. The van der Waals surface area contributed by atoms with E-state index in [9.17, 15) is 9.59 Å². The molecule has 0 aromatic heterocycles. The van der Waals surface area contributed by atoms with Gasteiger partial charge in [0, 0.05) is 6.08 Å². The van der Waals surface area contributed by atoms with Crippen molar-refractivity contribution < 1.29 is 14.3 Å². The fourth-order valence-electron chi connectivity index (χ4n) is 3.31. The molecule has 3 N–H and O–H groups in total. The Kier molecular flexibility index (Phi) is 6.92. The lowest BCUT2D eigenvalue weighted by molar-refractivity contribution is -0.123. The van der Waals surface area contributed by atoms with Gasteiger partial charge in [0.05, 0.1) is 0 Å². The number of thiocarbonyl (C=S) groups is 1. The summed E-state index contributed by atoms with van der Waals surface area (Å²) >= 11 is 5.05. The minimum absolute atomic E-state index is 0.0263. The van der Waals surface area contributed by atoms with Gasteiger partial charge in [0.2, 0.25) is 5.91 Å². The standard InChI is InChI=1S/C26H21N3O3S/c30-24(15-13-20-10-5-9-19-7-3-4-11-23(19)20)27-26(33)29-28-25(31)17-32-22-14-12-18-6-1-2-8-21(18)16-22/h1-16H,17H2,(H,28,31)(H2,27,29,30,33). The van der Waals surface area contributed by atoms with Crippen LogP contribution in [-0.2, 0) is 9.59 Å². The van der Waals surface area contributed by atoms with Gasteiger partial charge in [-0.05, 0) is 57.5 Å². The van der Waals surface area contributed by atoms with Gasteiger partial charge in [-0.3, -0.25) is 25.8 Å². The van der Waals surface area contributed by atoms with Gasteiger partial charge in [0.25, 0.3) is 5.91 Å². The molecule has 0 heterocycles. The zero-order valence-corrected chi connectivity index (χ0v) is 18.4. The molecule has 164 valence electrons. The number of carbonyl (C=O) groups excluding carboxylic acids is 2. The molecule has 4 aromatic rings. The minimum Gasteiger partial charge on any atom is -0.484 e. The average Bonchev–Trinajstić information content (AvgIpc) is 2.84. The predicted molar refractivity (Wildman–Crippen MR) is 134 cm³/mol. The first-order valence-corrected chi connectivity index (χ1v) is 10.7. The largest absolute Gasteiger partial charge is 0.484 e. The molecular weight excluding hydrogens is 434 g/mol. The number of ether oxygens (including phenoxy) is 1. The number of carbonyl (C=O) groups is 2. The van der Waals surface area contributed by atoms with Gasteiger partial charge in [-0.15, -0.1) is 0 Å². The van der Waals surface area contributed by atoms with Crippen LogP contribution in [0.25, 0.3) is 27.6 Å². The van der Waals surface area contributed by atoms with E-state index in [1.165, 1.54) is 6.08 Å². The van der Waals surface area contributed by atoms with E-state index in [4.69, 9.17) is 17.0 Å². The second kappa shape index (κ2) is 10.4. The molecule has 7 heteroatoms. The van der Waals surface area contributed by atoms with Crippen molar-refractivity contribution in [2.24, 2.45) is 0 Å². The van der Waals surface area contributed by atoms with Crippen molar-refractivity contribution in [2.45, 2.75) is 0 Å². The Morgan fingerprint density at radius 3 is 2.39 bits per heavy atom. The van der Waals surface area contributed by atoms with Gasteiger partial charge >= 0.3 is 0 Å². The summed E-state index contributed by atoms with van der Waals surface area (Å²) in [5.41, 5.74) is 5.81. The number of amides is 2. The van der Waals surface area contributed by atoms with E-state index in [2.05, 4.69) is 16.2 Å². The van der Waals surface area contributed by atoms with E-state index >= 15 is 0 Å². The highest BCUT2D eigenvalue weighted by Gasteiger charge is 2.06. The van der Waals surface area contributed by atoms with Crippen LogP contribution in [0.15, 0.2) is 91.0 Å². The molecular formula is C26H21N3O3S. The highest BCUT2D eigenvalue weighted by atomic mass is 32.1. The van der Waals surface area contributed by atoms with Crippen LogP contribution in [0.1, 0.15) is 5.56 Å². The molecule has 0 fully saturated rings. The lowest BCUT2D eigenvalue weighted by Gasteiger charge is -2.11. The normalized spacial score (nSPS) is 10.8. The lowest BCUT2D eigenvalue weighted by Crippen LogP contribution is -2.49. The highest BCUT2D eigenvalue weighted by Crippen LogP contribution is 2.21. The summed E-state index contributed by atoms with van der Waals surface area (Å²) in [6.45, 7) is -0.205. The number of hydrogen-bond acceptors (Lipinski definition) is 4. The quantitative estimate of drug-likeness (QED) is 0.240. The van der Waals surface area contributed by atoms with Gasteiger partial charge in [0.15, 0.2) is 11.7 Å². The monoisotopic (exact) mass is 455 g/mol. The van der Waals surface area contributed by atoms with Crippen molar-refractivity contribution in [3.05, 3.63) is 96.6 Å². The molecule has 0 unspecified atom stereocenters. The molecule has 0 radical (unpaired) electrons. The molecule has 0 atom stereocenters. The van der Waals surface area contributed by atoms with Crippen molar-refractivity contribution in [1.29, 1.82) is 0 Å². The molecule has 0 saturated carbocycles. The molecule has 4 aromatic carbocycles. The Balaban J connectivity index is 1.23. The van der Waals surface area contributed by atoms with Crippen molar-refractivity contribution >= 4 is 56.8 Å². The van der Waals surface area contributed by atoms with E-state index < -0.39 is 11.8 Å². The SMILES string of the molecule is O=C(C=Cc1cccc2ccccc12)NC(=S)NNC(=O)COc1ccc2ccccc2c1. The van der Waals surface area contributed by atoms with Crippen LogP contribution in [0.3, 0.4) is 0 Å². The Hall–Kier alpha value is -4.23. The van der Waals surface area contributed by atoms with Crippen molar-refractivity contribution in [2.75, 3.05) is 6.61 Å². The van der Waals surface area contributed by atoms with E-state index in [0.717, 1.165) is 27.1 Å². The van der Waals surface area contributed by atoms with E-state index in [0.29, 0.717) is 5.75 Å². The molecule has 0 saturated heterocycles. The number of fused-ring (bicyclic) bond motifs is 2. The van der Waals surface area contributed by atoms with E-state index in [1.807, 2.05) is 78.9 Å². The molecule has 0 aliphatic rings. The third kappa shape index (κ3) is 5.93. The lowest BCUT2D eigenvalue weighted by atomic mass is 10.0. The van der Waals surface area contributed by atoms with Crippen LogP contribution < -0.4 is 20.9 Å². The number of nitrogens with one attached hydrogen (secondary N) is 3. The molecule has 0 bridgehead atoms. The number of benzene rings is 4. The zero-order chi connectivity index (χ0) is 23.0. The summed E-state index contributed by atoms with van der Waals surface area (Å²) in [7, 11) is 0. The second-order valence-corrected chi connectivity index (χ2v) is 7.60. The summed E-state index contributed by atoms with van der Waals surface area (Å²) in [5.74, 6) is -0.272. The van der Waals surface area contributed by atoms with Crippen LogP contribution in [0, 0.1) is 0 Å². The number of hydrazine groups is 1. The maximum Gasteiger partial charge on any atom is 0.276 e. The van der Waals surface area contributed by atoms with Crippen LogP contribution in [0.5, 0.6) is 5.75 Å². The highest BCUT2D eigenvalue weighted by molar-refractivity contribution is 7.80. The molecule has 0 aliphatic carbocycles. The minimum atomic E-state index is -0.439. The van der Waals surface area contributed by atoms with Crippen LogP contribution in [0.2, 0.25) is 0 Å². The number of hydrogen-bond donors (Lipinski definition) is 3. The second-order valence-electron chi connectivity index (χ2n) is 7.19. The first-order valence-electron chi connectivity index (χ1n) is 10.3. The topological polar surface area (TPSA) is 79.5 Å². The first kappa shape index (κ1) is 22.0. The van der Waals surface area contributed by atoms with Gasteiger partial charge < -0.3 is 4.74 Å². The Bertz CT molecular complexity index is 1360. The Morgan fingerprint density at radius 1 is 0.818 bits per heavy atom. The third-order valence-corrected chi connectivity index (χ3v) is 5.08. The Labute approximate surface area is 196 Å². The smallest absolute Gasteiger partial charge is 0.276 e. The third-order valence-electron chi connectivity index (χ3n) is 4.88. The summed E-state index contributed by atoms with van der Waals surface area (Å²) in [5, 5.41) is 6.71. The van der Waals surface area contributed by atoms with Gasteiger partial charge in [-0.1, -0.05) is 72.8 Å². The van der Waals surface area contributed by atoms with E-state index in [-0.39, 0.29) is 11.7 Å². The summed E-state index contributed by atoms with van der Waals surface area (Å²) in [6.07, 6.45) is 3.11. The summed E-state index contributed by atoms with van der Waals surface area (Å²) in [4.78, 5) is 24.2. The molecule has 0 aliphatic heterocycles. The fraction of sp³-hybridized carbons (Fsp3) is 0.0385. The molecule has 33 heavy (non-hydrogen) atoms. The Morgan fingerprint density at radius 2 is 1.55 bits per heavy atom. The van der Waals surface area contributed by atoms with Crippen molar-refractivity contribution in [3.63, 3.8) is 0 Å². The molecule has 0 spiro atoms. The molecule has 4 rings (SSSR count). The van der Waals surface area contributed by atoms with Crippen LogP contribution in [-0.4, -0.2) is 23.5 Å². The van der Waals surface area contributed by atoms with Gasteiger partial charge in [-0.25, -0.2) is 0 Å². The van der Waals surface area contributed by atoms with Crippen molar-refractivity contribution in [3.8, 4) is 5.75 Å². The van der Waals surface area contributed by atoms with E-state index in [1.54, 1.807) is 12.1 Å². The fourth-order valence-corrected chi connectivity index (χ4v) is 3.47.